The molecule has 1 N–H and O–H groups in total. The molecule has 0 saturated heterocycles. The number of unbranched alkanes of at least 4 members (excludes halogenated alkanes) is 24. The average molecular weight is 793 g/mol. The van der Waals surface area contributed by atoms with Gasteiger partial charge in [0.1, 0.15) is 6.61 Å². The number of allylic oxidation sites excluding steroid dienone is 4. The first-order valence-electron chi connectivity index (χ1n) is 23.4. The number of aliphatic carboxylic acids is 1. The zero-order valence-corrected chi connectivity index (χ0v) is 37.3. The van der Waals surface area contributed by atoms with Gasteiger partial charge in [-0.1, -0.05) is 160 Å². The SMILES string of the molecule is CCCCCC/C=C/CCCC(=O)OC(COCCC(C(=O)O)[N+](C)(C)C)COC(=O)CCCCCCCCC/C=C/CCCCCCCCCCCCCC. The Balaban J connectivity index is 4.15. The summed E-state index contributed by atoms with van der Waals surface area (Å²) >= 11 is 0. The Morgan fingerprint density at radius 2 is 0.911 bits per heavy atom. The van der Waals surface area contributed by atoms with Crippen molar-refractivity contribution in [3.8, 4) is 0 Å². The summed E-state index contributed by atoms with van der Waals surface area (Å²) in [5.41, 5.74) is 0. The van der Waals surface area contributed by atoms with Crippen molar-refractivity contribution in [2.24, 2.45) is 0 Å². The van der Waals surface area contributed by atoms with Crippen LogP contribution in [0.1, 0.15) is 213 Å². The van der Waals surface area contributed by atoms with Gasteiger partial charge < -0.3 is 23.8 Å². The number of carbonyl (C=O) groups excluding carboxylic acids is 2. The van der Waals surface area contributed by atoms with Gasteiger partial charge in [-0.05, 0) is 57.8 Å². The first-order valence-corrected chi connectivity index (χ1v) is 23.4. The van der Waals surface area contributed by atoms with E-state index in [4.69, 9.17) is 14.2 Å². The minimum atomic E-state index is -0.879. The number of likely N-dealkylation sites (N-methyl/N-ethyl adjacent to an activating group) is 1. The lowest BCUT2D eigenvalue weighted by Crippen LogP contribution is -2.50. The molecular formula is C48H90NO7+. The highest BCUT2D eigenvalue weighted by Gasteiger charge is 2.31. The zero-order valence-electron chi connectivity index (χ0n) is 37.3. The third-order valence-corrected chi connectivity index (χ3v) is 10.6. The van der Waals surface area contributed by atoms with Crippen LogP contribution in [0.4, 0.5) is 0 Å². The maximum absolute atomic E-state index is 12.6. The van der Waals surface area contributed by atoms with Crippen molar-refractivity contribution in [1.29, 1.82) is 0 Å². The van der Waals surface area contributed by atoms with E-state index in [1.165, 1.54) is 141 Å². The van der Waals surface area contributed by atoms with Gasteiger partial charge in [-0.3, -0.25) is 9.59 Å². The van der Waals surface area contributed by atoms with Crippen LogP contribution >= 0.6 is 0 Å². The number of quaternary nitrogens is 1. The molecule has 0 heterocycles. The number of hydrogen-bond donors (Lipinski definition) is 1. The second kappa shape index (κ2) is 39.6. The molecule has 0 spiro atoms. The molecule has 8 nitrogen and oxygen atoms in total. The summed E-state index contributed by atoms with van der Waals surface area (Å²) in [6, 6.07) is -0.616. The van der Waals surface area contributed by atoms with Crippen molar-refractivity contribution in [2.75, 3.05) is 41.0 Å². The van der Waals surface area contributed by atoms with Crippen LogP contribution in [-0.4, -0.2) is 80.6 Å². The number of esters is 2. The predicted octanol–water partition coefficient (Wildman–Crippen LogP) is 12.9. The van der Waals surface area contributed by atoms with Gasteiger partial charge >= 0.3 is 17.9 Å². The van der Waals surface area contributed by atoms with Crippen molar-refractivity contribution in [3.63, 3.8) is 0 Å². The number of carboxylic acid groups (broad SMARTS) is 1. The summed E-state index contributed by atoms with van der Waals surface area (Å²) in [5.74, 6) is -1.51. The van der Waals surface area contributed by atoms with E-state index >= 15 is 0 Å². The van der Waals surface area contributed by atoms with Crippen molar-refractivity contribution in [1.82, 2.24) is 0 Å². The largest absolute Gasteiger partial charge is 0.477 e. The second-order valence-electron chi connectivity index (χ2n) is 17.0. The maximum atomic E-state index is 12.6. The van der Waals surface area contributed by atoms with Gasteiger partial charge in [-0.2, -0.15) is 0 Å². The van der Waals surface area contributed by atoms with Gasteiger partial charge in [0.2, 0.25) is 0 Å². The molecule has 0 aromatic rings. The first-order chi connectivity index (χ1) is 27.1. The van der Waals surface area contributed by atoms with E-state index in [0.717, 1.165) is 32.1 Å². The van der Waals surface area contributed by atoms with E-state index < -0.39 is 18.1 Å². The van der Waals surface area contributed by atoms with Crippen molar-refractivity contribution < 1.29 is 38.2 Å². The van der Waals surface area contributed by atoms with Crippen molar-refractivity contribution >= 4 is 17.9 Å². The van der Waals surface area contributed by atoms with E-state index in [9.17, 15) is 19.5 Å². The Labute approximate surface area is 345 Å². The van der Waals surface area contributed by atoms with E-state index in [-0.39, 0.29) is 42.7 Å². The predicted molar refractivity (Wildman–Crippen MR) is 234 cm³/mol. The molecule has 0 aromatic carbocycles. The van der Waals surface area contributed by atoms with E-state index in [0.29, 0.717) is 19.3 Å². The van der Waals surface area contributed by atoms with Gasteiger partial charge in [0.15, 0.2) is 12.1 Å². The highest BCUT2D eigenvalue weighted by molar-refractivity contribution is 5.72. The summed E-state index contributed by atoms with van der Waals surface area (Å²) in [6.45, 7) is 4.68. The molecule has 328 valence electrons. The summed E-state index contributed by atoms with van der Waals surface area (Å²) in [7, 11) is 5.52. The summed E-state index contributed by atoms with van der Waals surface area (Å²) in [6.07, 6.45) is 43.9. The van der Waals surface area contributed by atoms with Gasteiger partial charge in [0.05, 0.1) is 34.4 Å². The molecule has 0 amide bonds. The lowest BCUT2D eigenvalue weighted by molar-refractivity contribution is -0.887. The lowest BCUT2D eigenvalue weighted by atomic mass is 10.0. The third kappa shape index (κ3) is 37.4. The molecule has 0 aliphatic carbocycles. The van der Waals surface area contributed by atoms with E-state index in [1.54, 1.807) is 0 Å². The average Bonchev–Trinajstić information content (AvgIpc) is 3.15. The normalized spacial score (nSPS) is 13.1. The fourth-order valence-electron chi connectivity index (χ4n) is 6.91. The molecule has 0 aliphatic heterocycles. The Morgan fingerprint density at radius 1 is 0.518 bits per heavy atom. The Hall–Kier alpha value is -2.19. The van der Waals surface area contributed by atoms with E-state index in [2.05, 4.69) is 38.2 Å². The quantitative estimate of drug-likeness (QED) is 0.0284. The molecule has 0 saturated carbocycles. The van der Waals surface area contributed by atoms with Crippen LogP contribution in [-0.2, 0) is 28.6 Å². The maximum Gasteiger partial charge on any atom is 0.362 e. The van der Waals surface area contributed by atoms with Crippen LogP contribution < -0.4 is 0 Å². The monoisotopic (exact) mass is 793 g/mol. The topological polar surface area (TPSA) is 99.1 Å². The smallest absolute Gasteiger partial charge is 0.362 e. The summed E-state index contributed by atoms with van der Waals surface area (Å²) in [5, 5.41) is 9.60. The minimum absolute atomic E-state index is 0.0510. The minimum Gasteiger partial charge on any atom is -0.477 e. The third-order valence-electron chi connectivity index (χ3n) is 10.6. The van der Waals surface area contributed by atoms with Crippen LogP contribution in [0.15, 0.2) is 24.3 Å². The number of hydrogen-bond acceptors (Lipinski definition) is 6. The van der Waals surface area contributed by atoms with Crippen molar-refractivity contribution in [3.05, 3.63) is 24.3 Å². The molecule has 0 aliphatic rings. The number of nitrogens with zero attached hydrogens (tertiary/aromatic N) is 1. The first kappa shape index (κ1) is 53.8. The fraction of sp³-hybridized carbons (Fsp3) is 0.854. The fourth-order valence-corrected chi connectivity index (χ4v) is 6.91. The standard InChI is InChI=1S/C48H89NO7/c1-6-8-10-12-14-16-17-18-19-20-21-22-23-24-25-26-27-28-29-31-32-34-36-38-46(50)55-43-44(42-54-41-40-45(48(52)53)49(3,4)5)56-47(51)39-37-35-33-30-15-13-11-9-7-2/h24-25,30,33,44-45H,6-23,26-29,31-32,34-43H2,1-5H3/p+1/b25-24+,33-30+. The van der Waals surface area contributed by atoms with Gasteiger partial charge in [-0.25, -0.2) is 4.79 Å². The second-order valence-corrected chi connectivity index (χ2v) is 17.0. The number of ether oxygens (including phenoxy) is 3. The highest BCUT2D eigenvalue weighted by Crippen LogP contribution is 2.15. The molecule has 2 atom stereocenters. The molecular weight excluding hydrogens is 703 g/mol. The summed E-state index contributed by atoms with van der Waals surface area (Å²) < 4.78 is 17.2. The van der Waals surface area contributed by atoms with Crippen LogP contribution in [0.2, 0.25) is 0 Å². The lowest BCUT2D eigenvalue weighted by Gasteiger charge is -2.31. The van der Waals surface area contributed by atoms with Gasteiger partial charge in [-0.15, -0.1) is 0 Å². The highest BCUT2D eigenvalue weighted by atomic mass is 16.6. The zero-order chi connectivity index (χ0) is 41.4. The Kier molecular flexibility index (Phi) is 38.1. The Morgan fingerprint density at radius 3 is 1.36 bits per heavy atom. The molecule has 0 rings (SSSR count). The number of rotatable bonds is 42. The van der Waals surface area contributed by atoms with Gasteiger partial charge in [0.25, 0.3) is 0 Å². The van der Waals surface area contributed by atoms with Gasteiger partial charge in [0, 0.05) is 19.3 Å². The van der Waals surface area contributed by atoms with E-state index in [1.807, 2.05) is 21.1 Å². The molecule has 56 heavy (non-hydrogen) atoms. The van der Waals surface area contributed by atoms with Crippen LogP contribution in [0.25, 0.3) is 0 Å². The molecule has 2 unspecified atom stereocenters. The van der Waals surface area contributed by atoms with Crippen LogP contribution in [0, 0.1) is 0 Å². The Bertz CT molecular complexity index is 973. The van der Waals surface area contributed by atoms with Crippen molar-refractivity contribution in [2.45, 2.75) is 225 Å². The summed E-state index contributed by atoms with van der Waals surface area (Å²) in [4.78, 5) is 36.9. The van der Waals surface area contributed by atoms with Crippen LogP contribution in [0.5, 0.6) is 0 Å². The number of carboxylic acids is 1. The molecule has 0 radical (unpaired) electrons. The molecule has 0 aromatic heterocycles. The van der Waals surface area contributed by atoms with Crippen LogP contribution in [0.3, 0.4) is 0 Å². The molecule has 8 heteroatoms. The molecule has 0 bridgehead atoms. The molecule has 0 fully saturated rings. The number of carbonyl (C=O) groups is 3.